The van der Waals surface area contributed by atoms with Gasteiger partial charge in [0.15, 0.2) is 0 Å². The molecule has 1 heterocycles. The van der Waals surface area contributed by atoms with Crippen LogP contribution in [0, 0.1) is 11.3 Å². The van der Waals surface area contributed by atoms with Crippen LogP contribution in [-0.4, -0.2) is 48.9 Å². The Bertz CT molecular complexity index is 519. The van der Waals surface area contributed by atoms with Gasteiger partial charge in [0, 0.05) is 19.1 Å². The summed E-state index contributed by atoms with van der Waals surface area (Å²) < 4.78 is 0. The lowest BCUT2D eigenvalue weighted by Crippen LogP contribution is -2.34. The first-order valence-corrected chi connectivity index (χ1v) is 7.08. The van der Waals surface area contributed by atoms with E-state index >= 15 is 0 Å². The molecule has 0 bridgehead atoms. The highest BCUT2D eigenvalue weighted by Gasteiger charge is 2.23. The van der Waals surface area contributed by atoms with Gasteiger partial charge in [0.05, 0.1) is 17.2 Å². The van der Waals surface area contributed by atoms with Crippen LogP contribution in [0.5, 0.6) is 0 Å². The predicted molar refractivity (Wildman–Crippen MR) is 78.4 cm³/mol. The van der Waals surface area contributed by atoms with E-state index in [9.17, 15) is 4.79 Å². The highest BCUT2D eigenvalue weighted by atomic mass is 16.2. The zero-order chi connectivity index (χ0) is 14.5. The third-order valence-electron chi connectivity index (χ3n) is 3.99. The highest BCUT2D eigenvalue weighted by molar-refractivity contribution is 5.96. The lowest BCUT2D eigenvalue weighted by molar-refractivity contribution is 0.0758. The van der Waals surface area contributed by atoms with Gasteiger partial charge in [0.2, 0.25) is 0 Å². The molecule has 0 aromatic heterocycles. The number of likely N-dealkylation sites (tertiary alicyclic amines) is 1. The summed E-state index contributed by atoms with van der Waals surface area (Å²) in [6.45, 7) is 1.55. The Kier molecular flexibility index (Phi) is 4.75. The normalized spacial score (nSPS) is 19.5. The van der Waals surface area contributed by atoms with Gasteiger partial charge in [-0.3, -0.25) is 4.79 Å². The Morgan fingerprint density at radius 2 is 2.05 bits per heavy atom. The average molecular weight is 271 g/mol. The van der Waals surface area contributed by atoms with Crippen molar-refractivity contribution in [1.29, 1.82) is 5.26 Å². The van der Waals surface area contributed by atoms with Crippen LogP contribution in [0.2, 0.25) is 0 Å². The molecular formula is C16H21N3O. The fraction of sp³-hybridized carbons (Fsp3) is 0.500. The summed E-state index contributed by atoms with van der Waals surface area (Å²) in [7, 11) is 4.18. The molecule has 4 nitrogen and oxygen atoms in total. The van der Waals surface area contributed by atoms with Crippen LogP contribution in [-0.2, 0) is 0 Å². The predicted octanol–water partition coefficient (Wildman–Crippen LogP) is 2.11. The number of carbonyl (C=O) groups excluding carboxylic acids is 1. The summed E-state index contributed by atoms with van der Waals surface area (Å²) in [5.41, 5.74) is 0.990. The van der Waals surface area contributed by atoms with E-state index in [2.05, 4.69) is 25.1 Å². The molecule has 106 valence electrons. The van der Waals surface area contributed by atoms with Crippen molar-refractivity contribution in [3.05, 3.63) is 35.4 Å². The number of rotatable bonds is 2. The molecule has 0 saturated carbocycles. The van der Waals surface area contributed by atoms with Gasteiger partial charge in [-0.25, -0.2) is 0 Å². The summed E-state index contributed by atoms with van der Waals surface area (Å²) in [5.74, 6) is -0.0124. The van der Waals surface area contributed by atoms with Gasteiger partial charge in [-0.15, -0.1) is 0 Å². The minimum absolute atomic E-state index is 0.0124. The van der Waals surface area contributed by atoms with Crippen molar-refractivity contribution in [1.82, 2.24) is 9.80 Å². The maximum atomic E-state index is 12.6. The van der Waals surface area contributed by atoms with Gasteiger partial charge < -0.3 is 9.80 Å². The first-order chi connectivity index (χ1) is 9.63. The Balaban J connectivity index is 2.12. The molecule has 1 aliphatic heterocycles. The number of hydrogen-bond acceptors (Lipinski definition) is 3. The molecule has 4 heteroatoms. The summed E-state index contributed by atoms with van der Waals surface area (Å²) >= 11 is 0. The topological polar surface area (TPSA) is 47.3 Å². The number of benzene rings is 1. The van der Waals surface area contributed by atoms with Crippen LogP contribution < -0.4 is 0 Å². The van der Waals surface area contributed by atoms with Crippen molar-refractivity contribution in [2.45, 2.75) is 25.3 Å². The smallest absolute Gasteiger partial charge is 0.255 e. The van der Waals surface area contributed by atoms with E-state index in [0.29, 0.717) is 17.2 Å². The first kappa shape index (κ1) is 14.5. The van der Waals surface area contributed by atoms with E-state index in [1.54, 1.807) is 18.2 Å². The number of nitrogens with zero attached hydrogens (tertiary/aromatic N) is 3. The molecule has 0 spiro atoms. The van der Waals surface area contributed by atoms with Gasteiger partial charge in [0.1, 0.15) is 0 Å². The second kappa shape index (κ2) is 6.53. The molecule has 1 unspecified atom stereocenters. The first-order valence-electron chi connectivity index (χ1n) is 7.08. The lowest BCUT2D eigenvalue weighted by Gasteiger charge is -2.23. The molecule has 2 rings (SSSR count). The summed E-state index contributed by atoms with van der Waals surface area (Å²) in [6, 6.07) is 9.70. The SMILES string of the molecule is CN(C)C1CCCN(C(=O)c2ccccc2C#N)CC1. The minimum Gasteiger partial charge on any atom is -0.339 e. The van der Waals surface area contributed by atoms with E-state index in [0.717, 1.165) is 32.4 Å². The monoisotopic (exact) mass is 271 g/mol. The van der Waals surface area contributed by atoms with E-state index in [-0.39, 0.29) is 5.91 Å². The van der Waals surface area contributed by atoms with E-state index in [1.807, 2.05) is 11.0 Å². The molecule has 1 aromatic rings. The maximum absolute atomic E-state index is 12.6. The molecule has 0 N–H and O–H groups in total. The zero-order valence-electron chi connectivity index (χ0n) is 12.2. The summed E-state index contributed by atoms with van der Waals surface area (Å²) in [5, 5.41) is 9.11. The fourth-order valence-corrected chi connectivity index (χ4v) is 2.74. The van der Waals surface area contributed by atoms with E-state index < -0.39 is 0 Å². The van der Waals surface area contributed by atoms with Crippen molar-refractivity contribution in [2.24, 2.45) is 0 Å². The maximum Gasteiger partial charge on any atom is 0.255 e. The lowest BCUT2D eigenvalue weighted by atomic mass is 10.1. The second-order valence-corrected chi connectivity index (χ2v) is 5.50. The van der Waals surface area contributed by atoms with E-state index in [1.165, 1.54) is 0 Å². The Morgan fingerprint density at radius 1 is 1.30 bits per heavy atom. The van der Waals surface area contributed by atoms with Crippen LogP contribution in [0.4, 0.5) is 0 Å². The van der Waals surface area contributed by atoms with Crippen molar-refractivity contribution in [2.75, 3.05) is 27.2 Å². The van der Waals surface area contributed by atoms with E-state index in [4.69, 9.17) is 5.26 Å². The van der Waals surface area contributed by atoms with Gasteiger partial charge in [0.25, 0.3) is 5.91 Å². The molecule has 1 aliphatic rings. The quantitative estimate of drug-likeness (QED) is 0.827. The van der Waals surface area contributed by atoms with Crippen molar-refractivity contribution < 1.29 is 4.79 Å². The van der Waals surface area contributed by atoms with Gasteiger partial charge in [-0.05, 0) is 45.5 Å². The van der Waals surface area contributed by atoms with Crippen LogP contribution in [0.25, 0.3) is 0 Å². The van der Waals surface area contributed by atoms with Crippen molar-refractivity contribution >= 4 is 5.91 Å². The molecule has 1 amide bonds. The standard InChI is InChI=1S/C16H21N3O/c1-18(2)14-7-5-10-19(11-9-14)16(20)15-8-4-3-6-13(15)12-17/h3-4,6,8,14H,5,7,9-11H2,1-2H3. The van der Waals surface area contributed by atoms with Crippen LogP contribution in [0.15, 0.2) is 24.3 Å². The Labute approximate surface area is 120 Å². The molecule has 1 saturated heterocycles. The molecule has 20 heavy (non-hydrogen) atoms. The molecular weight excluding hydrogens is 250 g/mol. The van der Waals surface area contributed by atoms with Crippen molar-refractivity contribution in [3.63, 3.8) is 0 Å². The van der Waals surface area contributed by atoms with Crippen molar-refractivity contribution in [3.8, 4) is 6.07 Å². The summed E-state index contributed by atoms with van der Waals surface area (Å²) in [6.07, 6.45) is 3.13. The van der Waals surface area contributed by atoms with Crippen LogP contribution in [0.1, 0.15) is 35.2 Å². The molecule has 1 fully saturated rings. The third-order valence-corrected chi connectivity index (χ3v) is 3.99. The number of carbonyl (C=O) groups is 1. The average Bonchev–Trinajstić information content (AvgIpc) is 2.72. The molecule has 1 atom stereocenters. The number of amides is 1. The third kappa shape index (κ3) is 3.17. The highest BCUT2D eigenvalue weighted by Crippen LogP contribution is 2.18. The zero-order valence-corrected chi connectivity index (χ0v) is 12.2. The minimum atomic E-state index is -0.0124. The van der Waals surface area contributed by atoms with Gasteiger partial charge in [-0.2, -0.15) is 5.26 Å². The van der Waals surface area contributed by atoms with Crippen LogP contribution in [0.3, 0.4) is 0 Å². The van der Waals surface area contributed by atoms with Gasteiger partial charge >= 0.3 is 0 Å². The number of hydrogen-bond donors (Lipinski definition) is 0. The second-order valence-electron chi connectivity index (χ2n) is 5.50. The van der Waals surface area contributed by atoms with Crippen LogP contribution >= 0.6 is 0 Å². The fourth-order valence-electron chi connectivity index (χ4n) is 2.74. The summed E-state index contributed by atoms with van der Waals surface area (Å²) in [4.78, 5) is 16.7. The number of nitriles is 1. The molecule has 0 radical (unpaired) electrons. The Hall–Kier alpha value is -1.86. The molecule has 0 aliphatic carbocycles. The Morgan fingerprint density at radius 3 is 2.75 bits per heavy atom. The largest absolute Gasteiger partial charge is 0.339 e. The van der Waals surface area contributed by atoms with Gasteiger partial charge in [-0.1, -0.05) is 12.1 Å². The molecule has 1 aromatic carbocycles.